The Morgan fingerprint density at radius 3 is 0.556 bits per heavy atom. The standard InChI is InChI=1S/C33H36N12/c1-13-14(2)20(8)26-25(19(13)7)37-43(38-26)31-34-32(44-39-27-21(9)15(3)16(4)22(10)28(27)40-44)36-33(35-31)45-41-29-23(11)17(5)18(6)24(12)30(29)42-45/h1-12H3. The van der Waals surface area contributed by atoms with Crippen LogP contribution < -0.4 is 0 Å². The summed E-state index contributed by atoms with van der Waals surface area (Å²) in [5.41, 5.74) is 18.4. The van der Waals surface area contributed by atoms with E-state index >= 15 is 0 Å². The van der Waals surface area contributed by atoms with Crippen LogP contribution in [0.5, 0.6) is 0 Å². The molecule has 0 fully saturated rings. The summed E-state index contributed by atoms with van der Waals surface area (Å²) in [4.78, 5) is 18.8. The molecule has 228 valence electrons. The van der Waals surface area contributed by atoms with Gasteiger partial charge >= 0.3 is 0 Å². The second-order valence-corrected chi connectivity index (χ2v) is 12.3. The van der Waals surface area contributed by atoms with Crippen molar-refractivity contribution in [3.63, 3.8) is 0 Å². The van der Waals surface area contributed by atoms with Crippen LogP contribution in [0, 0.1) is 83.1 Å². The van der Waals surface area contributed by atoms with E-state index in [2.05, 4.69) is 83.1 Å². The van der Waals surface area contributed by atoms with Gasteiger partial charge in [0.1, 0.15) is 33.1 Å². The molecule has 7 rings (SSSR count). The van der Waals surface area contributed by atoms with E-state index in [-0.39, 0.29) is 17.8 Å². The Morgan fingerprint density at radius 2 is 0.400 bits per heavy atom. The van der Waals surface area contributed by atoms with Gasteiger partial charge in [-0.3, -0.25) is 0 Å². The van der Waals surface area contributed by atoms with Crippen LogP contribution in [0.15, 0.2) is 0 Å². The second-order valence-electron chi connectivity index (χ2n) is 12.3. The zero-order valence-electron chi connectivity index (χ0n) is 27.9. The van der Waals surface area contributed by atoms with Gasteiger partial charge in [-0.05, 0) is 150 Å². The minimum Gasteiger partial charge on any atom is -0.170 e. The molecule has 0 aliphatic heterocycles. The maximum absolute atomic E-state index is 4.86. The lowest BCUT2D eigenvalue weighted by Gasteiger charge is -2.07. The fourth-order valence-electron chi connectivity index (χ4n) is 6.07. The van der Waals surface area contributed by atoms with E-state index in [0.717, 1.165) is 66.5 Å². The van der Waals surface area contributed by atoms with E-state index in [9.17, 15) is 0 Å². The first kappa shape index (κ1) is 28.6. The topological polar surface area (TPSA) is 131 Å². The van der Waals surface area contributed by atoms with Gasteiger partial charge in [-0.15, -0.1) is 45.0 Å². The quantitative estimate of drug-likeness (QED) is 0.248. The third kappa shape index (κ3) is 4.00. The van der Waals surface area contributed by atoms with Crippen molar-refractivity contribution in [3.8, 4) is 17.8 Å². The minimum absolute atomic E-state index is 0.213. The summed E-state index contributed by atoms with van der Waals surface area (Å²) in [5.74, 6) is 0.638. The first-order valence-corrected chi connectivity index (χ1v) is 15.1. The molecule has 0 N–H and O–H groups in total. The first-order valence-electron chi connectivity index (χ1n) is 15.1. The molecule has 12 nitrogen and oxygen atoms in total. The molecule has 0 aliphatic carbocycles. The molecule has 0 spiro atoms. The molecule has 3 aromatic carbocycles. The van der Waals surface area contributed by atoms with Crippen LogP contribution in [-0.4, -0.2) is 59.9 Å². The smallest absolute Gasteiger partial charge is 0.170 e. The Kier molecular flexibility index (Phi) is 6.16. The lowest BCUT2D eigenvalue weighted by Crippen LogP contribution is -2.16. The first-order chi connectivity index (χ1) is 21.3. The highest BCUT2D eigenvalue weighted by Crippen LogP contribution is 2.30. The van der Waals surface area contributed by atoms with Gasteiger partial charge < -0.3 is 0 Å². The highest BCUT2D eigenvalue weighted by atomic mass is 15.6. The van der Waals surface area contributed by atoms with Crippen molar-refractivity contribution in [1.29, 1.82) is 0 Å². The van der Waals surface area contributed by atoms with Gasteiger partial charge in [-0.25, -0.2) is 0 Å². The molecule has 45 heavy (non-hydrogen) atoms. The fraction of sp³-hybridized carbons (Fsp3) is 0.364. The van der Waals surface area contributed by atoms with Gasteiger partial charge in [-0.2, -0.15) is 15.0 Å². The zero-order valence-corrected chi connectivity index (χ0v) is 27.9. The molecule has 0 radical (unpaired) electrons. The normalized spacial score (nSPS) is 12.0. The second kappa shape index (κ2) is 9.68. The maximum atomic E-state index is 4.86. The van der Waals surface area contributed by atoms with Crippen LogP contribution in [-0.2, 0) is 0 Å². The Labute approximate surface area is 260 Å². The molecule has 0 atom stereocenters. The number of nitrogens with zero attached hydrogens (tertiary/aromatic N) is 12. The Morgan fingerprint density at radius 1 is 0.244 bits per heavy atom. The molecule has 0 unspecified atom stereocenters. The summed E-state index contributed by atoms with van der Waals surface area (Å²) in [6, 6.07) is 0. The van der Waals surface area contributed by atoms with E-state index in [0.29, 0.717) is 0 Å². The molecular weight excluding hydrogens is 564 g/mol. The van der Waals surface area contributed by atoms with Crippen molar-refractivity contribution in [1.82, 2.24) is 59.9 Å². The number of aryl methyl sites for hydroxylation is 6. The molecular formula is C33H36N12. The summed E-state index contributed by atoms with van der Waals surface area (Å²) < 4.78 is 0. The van der Waals surface area contributed by atoms with Crippen LogP contribution in [0.2, 0.25) is 0 Å². The van der Waals surface area contributed by atoms with Crippen molar-refractivity contribution < 1.29 is 0 Å². The Bertz CT molecular complexity index is 1990. The van der Waals surface area contributed by atoms with Gasteiger partial charge in [0.2, 0.25) is 0 Å². The average molecular weight is 601 g/mol. The van der Waals surface area contributed by atoms with E-state index in [4.69, 9.17) is 45.5 Å². The third-order valence-corrected chi connectivity index (χ3v) is 10.2. The van der Waals surface area contributed by atoms with Gasteiger partial charge in [0.15, 0.2) is 0 Å². The average Bonchev–Trinajstić information content (AvgIpc) is 3.80. The molecule has 0 aliphatic rings. The fourth-order valence-corrected chi connectivity index (χ4v) is 6.07. The van der Waals surface area contributed by atoms with Gasteiger partial charge in [0, 0.05) is 0 Å². The zero-order chi connectivity index (χ0) is 32.2. The lowest BCUT2D eigenvalue weighted by molar-refractivity contribution is 0.629. The number of fused-ring (bicyclic) bond motifs is 3. The summed E-state index contributed by atoms with van der Waals surface area (Å²) in [6.45, 7) is 25.0. The van der Waals surface area contributed by atoms with E-state index < -0.39 is 0 Å². The number of benzene rings is 3. The van der Waals surface area contributed by atoms with Crippen molar-refractivity contribution in [2.24, 2.45) is 0 Å². The van der Waals surface area contributed by atoms with Crippen molar-refractivity contribution in [2.45, 2.75) is 83.1 Å². The number of aromatic nitrogens is 12. The summed E-state index contributed by atoms with van der Waals surface area (Å²) in [6.07, 6.45) is 0. The molecule has 0 saturated carbocycles. The molecule has 7 aromatic rings. The third-order valence-electron chi connectivity index (χ3n) is 10.2. The predicted octanol–water partition coefficient (Wildman–Crippen LogP) is 5.77. The summed E-state index contributed by atoms with van der Waals surface area (Å²) >= 11 is 0. The molecule has 4 heterocycles. The van der Waals surface area contributed by atoms with Crippen molar-refractivity contribution in [2.75, 3.05) is 0 Å². The predicted molar refractivity (Wildman–Crippen MR) is 174 cm³/mol. The highest BCUT2D eigenvalue weighted by molar-refractivity contribution is 5.85. The molecule has 0 bridgehead atoms. The maximum Gasteiger partial charge on any atom is 0.275 e. The van der Waals surface area contributed by atoms with E-state index in [1.54, 1.807) is 0 Å². The van der Waals surface area contributed by atoms with Gasteiger partial charge in [0.05, 0.1) is 0 Å². The van der Waals surface area contributed by atoms with Crippen molar-refractivity contribution in [3.05, 3.63) is 66.8 Å². The van der Waals surface area contributed by atoms with Crippen molar-refractivity contribution >= 4 is 33.1 Å². The molecule has 0 amide bonds. The number of rotatable bonds is 3. The van der Waals surface area contributed by atoms with E-state index in [1.165, 1.54) is 47.8 Å². The van der Waals surface area contributed by atoms with Crippen LogP contribution in [0.1, 0.15) is 66.8 Å². The van der Waals surface area contributed by atoms with Crippen LogP contribution in [0.4, 0.5) is 0 Å². The minimum atomic E-state index is 0.213. The Balaban J connectivity index is 1.51. The number of hydrogen-bond acceptors (Lipinski definition) is 9. The SMILES string of the molecule is Cc1c(C)c(C)c2nn(-c3nc(-n4nc5c(C)c(C)c(C)c(C)c5n4)nc(-n4nc5c(C)c(C)c(C)c(C)c5n4)n3)nc2c1C. The largest absolute Gasteiger partial charge is 0.275 e. The van der Waals surface area contributed by atoms with Gasteiger partial charge in [-0.1, -0.05) is 0 Å². The molecule has 0 saturated heterocycles. The highest BCUT2D eigenvalue weighted by Gasteiger charge is 2.23. The monoisotopic (exact) mass is 600 g/mol. The summed E-state index contributed by atoms with van der Waals surface area (Å²) in [7, 11) is 0. The van der Waals surface area contributed by atoms with Crippen LogP contribution >= 0.6 is 0 Å². The van der Waals surface area contributed by atoms with Gasteiger partial charge in [0.25, 0.3) is 17.8 Å². The molecule has 12 heteroatoms. The van der Waals surface area contributed by atoms with E-state index in [1.807, 2.05) is 0 Å². The number of hydrogen-bond donors (Lipinski definition) is 0. The Hall–Kier alpha value is -5.13. The lowest BCUT2D eigenvalue weighted by atomic mass is 9.98. The summed E-state index contributed by atoms with van der Waals surface area (Å²) in [5, 5.41) is 29.1. The molecule has 4 aromatic heterocycles. The van der Waals surface area contributed by atoms with Crippen LogP contribution in [0.25, 0.3) is 50.9 Å². The van der Waals surface area contributed by atoms with Crippen LogP contribution in [0.3, 0.4) is 0 Å².